The van der Waals surface area contributed by atoms with Gasteiger partial charge in [-0.15, -0.1) is 0 Å². The van der Waals surface area contributed by atoms with Crippen LogP contribution in [-0.4, -0.2) is 45.6 Å². The number of fused-ring (bicyclic) bond motifs is 4. The minimum Gasteiger partial charge on any atom is -0.454 e. The summed E-state index contributed by atoms with van der Waals surface area (Å²) in [6, 6.07) is 12.1. The first-order valence-electron chi connectivity index (χ1n) is 13.2. The molecule has 7 rings (SSSR count). The summed E-state index contributed by atoms with van der Waals surface area (Å²) in [6.45, 7) is 7.98. The van der Waals surface area contributed by atoms with Crippen LogP contribution >= 0.6 is 0 Å². The molecule has 1 N–H and O–H groups in total. The number of amides is 1. The second kappa shape index (κ2) is 8.64. The molecule has 1 aliphatic heterocycles. The van der Waals surface area contributed by atoms with Gasteiger partial charge in [-0.05, 0) is 89.6 Å². The Balaban J connectivity index is 1.38. The quantitative estimate of drug-likeness (QED) is 0.488. The number of aromatic amines is 1. The first kappa shape index (κ1) is 23.1. The van der Waals surface area contributed by atoms with Crippen molar-refractivity contribution in [2.24, 2.45) is 5.41 Å². The van der Waals surface area contributed by atoms with Crippen LogP contribution in [0.5, 0.6) is 11.5 Å². The van der Waals surface area contributed by atoms with Gasteiger partial charge in [0.05, 0.1) is 17.1 Å². The molecular weight excluding hydrogens is 452 g/mol. The van der Waals surface area contributed by atoms with Gasteiger partial charge in [0.25, 0.3) is 0 Å². The Morgan fingerprint density at radius 1 is 0.972 bits per heavy atom. The highest BCUT2D eigenvalue weighted by atomic mass is 16.7. The standard InChI is InChI=1S/C29H34N4O3/c1-4-33(5-2)27(34)29-14-11-28(12-15-29,13-16-29)26-31-24(20-9-10-22-23(17-20)36-18-35-22)25(32-26)21-8-6-7-19(3)30-21/h6-10,17H,4-5,11-16,18H2,1-3H3,(H,31,32). The van der Waals surface area contributed by atoms with Gasteiger partial charge in [0.15, 0.2) is 11.5 Å². The lowest BCUT2D eigenvalue weighted by Crippen LogP contribution is -2.53. The van der Waals surface area contributed by atoms with Crippen LogP contribution in [0.2, 0.25) is 0 Å². The first-order chi connectivity index (χ1) is 17.5. The van der Waals surface area contributed by atoms with Gasteiger partial charge in [0, 0.05) is 35.2 Å². The van der Waals surface area contributed by atoms with E-state index in [0.29, 0.717) is 5.91 Å². The molecule has 3 fully saturated rings. The van der Waals surface area contributed by atoms with Gasteiger partial charge in [-0.25, -0.2) is 4.98 Å². The highest BCUT2D eigenvalue weighted by Crippen LogP contribution is 2.58. The monoisotopic (exact) mass is 486 g/mol. The number of nitrogens with one attached hydrogen (secondary N) is 1. The molecule has 1 amide bonds. The minimum absolute atomic E-state index is 0.0293. The van der Waals surface area contributed by atoms with Crippen LogP contribution in [0, 0.1) is 12.3 Å². The topological polar surface area (TPSA) is 80.3 Å². The van der Waals surface area contributed by atoms with Gasteiger partial charge in [-0.1, -0.05) is 6.07 Å². The molecule has 0 atom stereocenters. The molecular formula is C29H34N4O3. The van der Waals surface area contributed by atoms with E-state index in [9.17, 15) is 4.79 Å². The maximum absolute atomic E-state index is 13.4. The molecule has 2 aromatic heterocycles. The molecule has 2 bridgehead atoms. The summed E-state index contributed by atoms with van der Waals surface area (Å²) in [5.74, 6) is 2.88. The fourth-order valence-corrected chi connectivity index (χ4v) is 6.45. The predicted molar refractivity (Wildman–Crippen MR) is 138 cm³/mol. The van der Waals surface area contributed by atoms with E-state index < -0.39 is 0 Å². The van der Waals surface area contributed by atoms with Gasteiger partial charge in [-0.2, -0.15) is 0 Å². The van der Waals surface area contributed by atoms with Crippen molar-refractivity contribution in [2.75, 3.05) is 19.9 Å². The molecule has 7 heteroatoms. The number of H-pyrrole nitrogens is 1. The summed E-state index contributed by atoms with van der Waals surface area (Å²) in [5.41, 5.74) is 4.43. The number of rotatable bonds is 6. The number of carbonyl (C=O) groups is 1. The minimum atomic E-state index is -0.193. The average molecular weight is 487 g/mol. The normalized spacial score (nSPS) is 24.2. The SMILES string of the molecule is CCN(CC)C(=O)C12CCC(c3nc(-c4ccc5c(c4)OCO5)c(-c4cccc(C)n4)[nH]3)(CC1)CC2. The Morgan fingerprint density at radius 3 is 2.39 bits per heavy atom. The molecule has 0 saturated heterocycles. The molecule has 36 heavy (non-hydrogen) atoms. The fraction of sp³-hybridized carbons (Fsp3) is 0.483. The summed E-state index contributed by atoms with van der Waals surface area (Å²) in [6.07, 6.45) is 5.74. The van der Waals surface area contributed by atoms with E-state index in [-0.39, 0.29) is 17.6 Å². The van der Waals surface area contributed by atoms with E-state index in [4.69, 9.17) is 19.4 Å². The third-order valence-electron chi connectivity index (χ3n) is 8.75. The van der Waals surface area contributed by atoms with Crippen molar-refractivity contribution >= 4 is 5.91 Å². The number of hydrogen-bond acceptors (Lipinski definition) is 5. The number of imidazole rings is 1. The predicted octanol–water partition coefficient (Wildman–Crippen LogP) is 5.64. The van der Waals surface area contributed by atoms with Crippen LogP contribution in [0.25, 0.3) is 22.6 Å². The fourth-order valence-electron chi connectivity index (χ4n) is 6.45. The van der Waals surface area contributed by atoms with Crippen molar-refractivity contribution in [3.05, 3.63) is 47.9 Å². The summed E-state index contributed by atoms with van der Waals surface area (Å²) < 4.78 is 11.2. The van der Waals surface area contributed by atoms with Gasteiger partial charge in [0.2, 0.25) is 12.7 Å². The van der Waals surface area contributed by atoms with E-state index in [1.165, 1.54) is 0 Å². The number of aromatic nitrogens is 3. The van der Waals surface area contributed by atoms with Gasteiger partial charge in [-0.3, -0.25) is 9.78 Å². The highest BCUT2D eigenvalue weighted by molar-refractivity contribution is 5.83. The van der Waals surface area contributed by atoms with E-state index >= 15 is 0 Å². The number of benzene rings is 1. The molecule has 3 aliphatic carbocycles. The Morgan fingerprint density at radius 2 is 1.69 bits per heavy atom. The van der Waals surface area contributed by atoms with Crippen LogP contribution in [0.1, 0.15) is 63.9 Å². The number of aryl methyl sites for hydroxylation is 1. The van der Waals surface area contributed by atoms with Crippen molar-refractivity contribution < 1.29 is 14.3 Å². The molecule has 3 aromatic rings. The lowest BCUT2D eigenvalue weighted by molar-refractivity contribution is -0.149. The van der Waals surface area contributed by atoms with Crippen molar-refractivity contribution in [2.45, 2.75) is 64.7 Å². The van der Waals surface area contributed by atoms with Gasteiger partial charge < -0.3 is 19.4 Å². The third kappa shape index (κ3) is 3.59. The molecule has 4 aliphatic rings. The first-order valence-corrected chi connectivity index (χ1v) is 13.2. The molecule has 3 saturated carbocycles. The largest absolute Gasteiger partial charge is 0.454 e. The number of nitrogens with zero attached hydrogens (tertiary/aromatic N) is 3. The van der Waals surface area contributed by atoms with Crippen molar-refractivity contribution in [3.63, 3.8) is 0 Å². The Hall–Kier alpha value is -3.35. The molecule has 1 aromatic carbocycles. The molecule has 0 unspecified atom stereocenters. The molecule has 0 radical (unpaired) electrons. The van der Waals surface area contributed by atoms with E-state index in [1.807, 2.05) is 48.2 Å². The number of carbonyl (C=O) groups excluding carboxylic acids is 1. The summed E-state index contributed by atoms with van der Waals surface area (Å²) in [5, 5.41) is 0. The van der Waals surface area contributed by atoms with Crippen LogP contribution in [0.4, 0.5) is 0 Å². The third-order valence-corrected chi connectivity index (χ3v) is 8.75. The number of ether oxygens (including phenoxy) is 2. The maximum atomic E-state index is 13.4. The zero-order valence-electron chi connectivity index (χ0n) is 21.4. The van der Waals surface area contributed by atoms with Crippen molar-refractivity contribution in [1.82, 2.24) is 19.9 Å². The summed E-state index contributed by atoms with van der Waals surface area (Å²) in [7, 11) is 0. The van der Waals surface area contributed by atoms with Crippen LogP contribution in [0.3, 0.4) is 0 Å². The molecule has 7 nitrogen and oxygen atoms in total. The van der Waals surface area contributed by atoms with E-state index in [1.54, 1.807) is 0 Å². The van der Waals surface area contributed by atoms with Crippen molar-refractivity contribution in [3.8, 4) is 34.1 Å². The lowest BCUT2D eigenvalue weighted by atomic mass is 9.53. The Labute approximate surface area is 212 Å². The zero-order chi connectivity index (χ0) is 24.9. The maximum Gasteiger partial charge on any atom is 0.231 e. The summed E-state index contributed by atoms with van der Waals surface area (Å²) in [4.78, 5) is 29.2. The van der Waals surface area contributed by atoms with Crippen LogP contribution in [0.15, 0.2) is 36.4 Å². The Bertz CT molecular complexity index is 1290. The number of hydrogen-bond donors (Lipinski definition) is 1. The zero-order valence-corrected chi connectivity index (χ0v) is 21.4. The van der Waals surface area contributed by atoms with E-state index in [0.717, 1.165) is 97.3 Å². The summed E-state index contributed by atoms with van der Waals surface area (Å²) >= 11 is 0. The molecule has 188 valence electrons. The second-order valence-electron chi connectivity index (χ2n) is 10.6. The van der Waals surface area contributed by atoms with Gasteiger partial charge in [0.1, 0.15) is 5.82 Å². The lowest BCUT2D eigenvalue weighted by Gasteiger charge is -2.52. The van der Waals surface area contributed by atoms with Crippen LogP contribution in [-0.2, 0) is 10.2 Å². The highest BCUT2D eigenvalue weighted by Gasteiger charge is 2.55. The molecule has 3 heterocycles. The average Bonchev–Trinajstić information content (AvgIpc) is 3.58. The smallest absolute Gasteiger partial charge is 0.231 e. The van der Waals surface area contributed by atoms with Crippen LogP contribution < -0.4 is 9.47 Å². The Kier molecular flexibility index (Phi) is 5.54. The second-order valence-corrected chi connectivity index (χ2v) is 10.6. The van der Waals surface area contributed by atoms with E-state index in [2.05, 4.69) is 18.8 Å². The molecule has 0 spiro atoms. The van der Waals surface area contributed by atoms with Gasteiger partial charge >= 0.3 is 0 Å². The number of pyridine rings is 1. The van der Waals surface area contributed by atoms with Crippen molar-refractivity contribution in [1.29, 1.82) is 0 Å².